The van der Waals surface area contributed by atoms with E-state index in [0.717, 1.165) is 28.3 Å². The standard InChI is InChI=1S/C18H18N4OS/c1-21(17(23)9-14-7-8-22(10-14)13-19)11-16-12-24-18(20-16)15-5-3-2-4-6-15/h2-6,9,12H,7-8,10-11H2,1H3. The van der Waals surface area contributed by atoms with Gasteiger partial charge in [-0.2, -0.15) is 5.26 Å². The molecule has 2 heterocycles. The average molecular weight is 338 g/mol. The molecule has 1 aliphatic rings. The van der Waals surface area contributed by atoms with Crippen LogP contribution in [0.4, 0.5) is 0 Å². The van der Waals surface area contributed by atoms with E-state index in [2.05, 4.69) is 11.2 Å². The number of hydrogen-bond acceptors (Lipinski definition) is 5. The molecule has 122 valence electrons. The largest absolute Gasteiger partial charge is 0.336 e. The Morgan fingerprint density at radius 3 is 2.96 bits per heavy atom. The van der Waals surface area contributed by atoms with Gasteiger partial charge in [-0.1, -0.05) is 30.3 Å². The van der Waals surface area contributed by atoms with Gasteiger partial charge in [-0.15, -0.1) is 11.3 Å². The molecular weight excluding hydrogens is 320 g/mol. The lowest BCUT2D eigenvalue weighted by Gasteiger charge is -2.14. The van der Waals surface area contributed by atoms with Crippen LogP contribution in [0.3, 0.4) is 0 Å². The molecule has 1 aromatic heterocycles. The molecule has 6 heteroatoms. The zero-order valence-corrected chi connectivity index (χ0v) is 14.3. The number of nitrogens with zero attached hydrogens (tertiary/aromatic N) is 4. The van der Waals surface area contributed by atoms with Gasteiger partial charge in [0.05, 0.1) is 12.2 Å². The van der Waals surface area contributed by atoms with Crippen molar-refractivity contribution in [2.24, 2.45) is 0 Å². The van der Waals surface area contributed by atoms with E-state index in [0.29, 0.717) is 19.6 Å². The third kappa shape index (κ3) is 3.81. The minimum Gasteiger partial charge on any atom is -0.336 e. The Labute approximate surface area is 145 Å². The number of hydrogen-bond donors (Lipinski definition) is 0. The van der Waals surface area contributed by atoms with Gasteiger partial charge in [0.15, 0.2) is 6.19 Å². The molecule has 2 aromatic rings. The van der Waals surface area contributed by atoms with Gasteiger partial charge in [-0.05, 0) is 12.0 Å². The maximum Gasteiger partial charge on any atom is 0.246 e. The highest BCUT2D eigenvalue weighted by Crippen LogP contribution is 2.23. The first-order chi connectivity index (χ1) is 11.7. The molecule has 1 fully saturated rings. The second kappa shape index (κ2) is 7.28. The second-order valence-electron chi connectivity index (χ2n) is 5.78. The van der Waals surface area contributed by atoms with Gasteiger partial charge < -0.3 is 9.80 Å². The van der Waals surface area contributed by atoms with Gasteiger partial charge in [0, 0.05) is 37.2 Å². The third-order valence-corrected chi connectivity index (χ3v) is 4.85. The van der Waals surface area contributed by atoms with Crippen LogP contribution in [-0.2, 0) is 11.3 Å². The van der Waals surface area contributed by atoms with Gasteiger partial charge in [-0.3, -0.25) is 4.79 Å². The van der Waals surface area contributed by atoms with Crippen molar-refractivity contribution < 1.29 is 4.79 Å². The van der Waals surface area contributed by atoms with Crippen molar-refractivity contribution in [1.29, 1.82) is 5.26 Å². The smallest absolute Gasteiger partial charge is 0.246 e. The number of amides is 1. The fraction of sp³-hybridized carbons (Fsp3) is 0.278. The van der Waals surface area contributed by atoms with Crippen molar-refractivity contribution in [3.05, 3.63) is 53.1 Å². The number of likely N-dealkylation sites (tertiary alicyclic amines) is 1. The number of rotatable bonds is 4. The van der Waals surface area contributed by atoms with Crippen LogP contribution >= 0.6 is 11.3 Å². The molecule has 0 unspecified atom stereocenters. The summed E-state index contributed by atoms with van der Waals surface area (Å²) in [6, 6.07) is 10.0. The quantitative estimate of drug-likeness (QED) is 0.635. The molecule has 3 rings (SSSR count). The van der Waals surface area contributed by atoms with E-state index < -0.39 is 0 Å². The summed E-state index contributed by atoms with van der Waals surface area (Å²) in [4.78, 5) is 20.2. The molecule has 0 aliphatic carbocycles. The molecule has 1 aliphatic heterocycles. The molecule has 0 radical (unpaired) electrons. The van der Waals surface area contributed by atoms with E-state index in [1.54, 1.807) is 34.3 Å². The van der Waals surface area contributed by atoms with E-state index in [1.165, 1.54) is 0 Å². The number of aromatic nitrogens is 1. The first-order valence-corrected chi connectivity index (χ1v) is 8.62. The number of carbonyl (C=O) groups is 1. The summed E-state index contributed by atoms with van der Waals surface area (Å²) in [6.45, 7) is 1.74. The summed E-state index contributed by atoms with van der Waals surface area (Å²) in [5.74, 6) is -0.0425. The SMILES string of the molecule is CN(Cc1csc(-c2ccccc2)n1)C(=O)C=C1CCN(C#N)C1. The minimum absolute atomic E-state index is 0.0425. The summed E-state index contributed by atoms with van der Waals surface area (Å²) in [6.07, 6.45) is 4.55. The summed E-state index contributed by atoms with van der Waals surface area (Å²) in [5.41, 5.74) is 2.99. The topological polar surface area (TPSA) is 60.2 Å². The van der Waals surface area contributed by atoms with E-state index in [9.17, 15) is 4.79 Å². The number of benzene rings is 1. The summed E-state index contributed by atoms with van der Waals surface area (Å²) >= 11 is 1.59. The third-order valence-electron chi connectivity index (χ3n) is 3.91. The Kier molecular flexibility index (Phi) is 4.92. The summed E-state index contributed by atoms with van der Waals surface area (Å²) < 4.78 is 0. The first-order valence-electron chi connectivity index (χ1n) is 7.75. The predicted octanol–water partition coefficient (Wildman–Crippen LogP) is 2.88. The Balaban J connectivity index is 1.62. The van der Waals surface area contributed by atoms with Crippen molar-refractivity contribution >= 4 is 17.2 Å². The number of nitriles is 1. The Morgan fingerprint density at radius 1 is 1.46 bits per heavy atom. The summed E-state index contributed by atoms with van der Waals surface area (Å²) in [5, 5.41) is 11.8. The van der Waals surface area contributed by atoms with Crippen molar-refractivity contribution in [2.45, 2.75) is 13.0 Å². The molecule has 0 spiro atoms. The van der Waals surface area contributed by atoms with E-state index in [-0.39, 0.29) is 5.91 Å². The summed E-state index contributed by atoms with van der Waals surface area (Å²) in [7, 11) is 1.78. The maximum absolute atomic E-state index is 12.3. The Bertz CT molecular complexity index is 791. The maximum atomic E-state index is 12.3. The van der Waals surface area contributed by atoms with Crippen LogP contribution in [-0.4, -0.2) is 40.8 Å². The van der Waals surface area contributed by atoms with Crippen molar-refractivity contribution in [3.8, 4) is 16.8 Å². The zero-order chi connectivity index (χ0) is 16.9. The average Bonchev–Trinajstić information content (AvgIpc) is 3.25. The molecule has 0 atom stereocenters. The van der Waals surface area contributed by atoms with Gasteiger partial charge >= 0.3 is 0 Å². The molecule has 1 saturated heterocycles. The molecule has 0 N–H and O–H groups in total. The van der Waals surface area contributed by atoms with Crippen molar-refractivity contribution in [1.82, 2.24) is 14.8 Å². The van der Waals surface area contributed by atoms with E-state index in [1.807, 2.05) is 35.7 Å². The molecule has 5 nitrogen and oxygen atoms in total. The minimum atomic E-state index is -0.0425. The highest BCUT2D eigenvalue weighted by molar-refractivity contribution is 7.13. The number of likely N-dealkylation sites (N-methyl/N-ethyl adjacent to an activating group) is 1. The van der Waals surface area contributed by atoms with Crippen LogP contribution in [0.2, 0.25) is 0 Å². The van der Waals surface area contributed by atoms with Gasteiger partial charge in [0.25, 0.3) is 0 Å². The monoisotopic (exact) mass is 338 g/mol. The van der Waals surface area contributed by atoms with Crippen LogP contribution in [0, 0.1) is 11.5 Å². The van der Waals surface area contributed by atoms with Crippen LogP contribution in [0.1, 0.15) is 12.1 Å². The van der Waals surface area contributed by atoms with Crippen LogP contribution in [0.15, 0.2) is 47.4 Å². The van der Waals surface area contributed by atoms with Crippen molar-refractivity contribution in [3.63, 3.8) is 0 Å². The lowest BCUT2D eigenvalue weighted by molar-refractivity contribution is -0.125. The lowest BCUT2D eigenvalue weighted by atomic mass is 10.2. The molecule has 1 amide bonds. The fourth-order valence-corrected chi connectivity index (χ4v) is 3.40. The molecular formula is C18H18N4OS. The van der Waals surface area contributed by atoms with Crippen LogP contribution in [0.5, 0.6) is 0 Å². The van der Waals surface area contributed by atoms with Crippen LogP contribution < -0.4 is 0 Å². The van der Waals surface area contributed by atoms with Crippen molar-refractivity contribution in [2.75, 3.05) is 20.1 Å². The number of carbonyl (C=O) groups excluding carboxylic acids is 1. The predicted molar refractivity (Wildman–Crippen MR) is 93.9 cm³/mol. The second-order valence-corrected chi connectivity index (χ2v) is 6.64. The Morgan fingerprint density at radius 2 is 2.25 bits per heavy atom. The van der Waals surface area contributed by atoms with E-state index in [4.69, 9.17) is 5.26 Å². The zero-order valence-electron chi connectivity index (χ0n) is 13.5. The van der Waals surface area contributed by atoms with Gasteiger partial charge in [-0.25, -0.2) is 4.98 Å². The Hall–Kier alpha value is -2.65. The highest BCUT2D eigenvalue weighted by Gasteiger charge is 2.17. The molecule has 0 saturated carbocycles. The first kappa shape index (κ1) is 16.2. The molecule has 24 heavy (non-hydrogen) atoms. The van der Waals surface area contributed by atoms with Gasteiger partial charge in [0.1, 0.15) is 5.01 Å². The van der Waals surface area contributed by atoms with Crippen LogP contribution in [0.25, 0.3) is 10.6 Å². The highest BCUT2D eigenvalue weighted by atomic mass is 32.1. The lowest BCUT2D eigenvalue weighted by Crippen LogP contribution is -2.25. The fourth-order valence-electron chi connectivity index (χ4n) is 2.58. The normalized spacial score (nSPS) is 15.5. The molecule has 1 aromatic carbocycles. The molecule has 0 bridgehead atoms. The van der Waals surface area contributed by atoms with E-state index >= 15 is 0 Å². The van der Waals surface area contributed by atoms with Gasteiger partial charge in [0.2, 0.25) is 5.91 Å². The number of thiazole rings is 1.